The van der Waals surface area contributed by atoms with E-state index in [1.165, 1.54) is 62.6 Å². The van der Waals surface area contributed by atoms with Crippen LogP contribution in [0.4, 0.5) is 18.0 Å². The molecule has 2 aromatic rings. The van der Waals surface area contributed by atoms with Crippen LogP contribution in [0.2, 0.25) is 0 Å². The summed E-state index contributed by atoms with van der Waals surface area (Å²) in [4.78, 5) is 49.9. The minimum atomic E-state index is -4.92. The van der Waals surface area contributed by atoms with Crippen molar-refractivity contribution in [3.63, 3.8) is 0 Å². The molecule has 0 saturated carbocycles. The van der Waals surface area contributed by atoms with E-state index >= 15 is 0 Å². The topological polar surface area (TPSA) is 125 Å². The molecule has 3 amide bonds. The number of ketones is 1. The number of hydrogen-bond acceptors (Lipinski definition) is 5. The maximum Gasteiger partial charge on any atom is 0.573 e. The predicted molar refractivity (Wildman–Crippen MR) is 121 cm³/mol. The van der Waals surface area contributed by atoms with Gasteiger partial charge in [0.25, 0.3) is 5.91 Å². The summed E-state index contributed by atoms with van der Waals surface area (Å²) in [5.41, 5.74) is 0.891. The maximum absolute atomic E-state index is 12.8. The van der Waals surface area contributed by atoms with E-state index < -0.39 is 54.3 Å². The Morgan fingerprint density at radius 2 is 1.83 bits per heavy atom. The Hall–Kier alpha value is -4.35. The summed E-state index contributed by atoms with van der Waals surface area (Å²) < 4.78 is 42.6. The molecule has 0 spiro atoms. The van der Waals surface area contributed by atoms with Gasteiger partial charge in [-0.3, -0.25) is 14.4 Å². The van der Waals surface area contributed by atoms with E-state index in [0.717, 1.165) is 11.0 Å². The van der Waals surface area contributed by atoms with E-state index in [1.54, 1.807) is 0 Å². The number of benzene rings is 2. The number of nitrogens with zero attached hydrogens (tertiary/aromatic N) is 1. The number of para-hydroxylation sites is 1. The number of rotatable bonds is 7. The van der Waals surface area contributed by atoms with Gasteiger partial charge in [-0.05, 0) is 30.2 Å². The number of carboxylic acid groups (broad SMARTS) is 1. The monoisotopic (exact) mass is 505 g/mol. The smallest absolute Gasteiger partial charge is 0.481 e. The summed E-state index contributed by atoms with van der Waals surface area (Å²) in [7, 11) is 1.42. The SMILES string of the molecule is CC1=CN(C)C(=O)C(NC(=O)NC(CC(=O)O)c2cccc(-c3ccccc3OC(F)(F)F)c2)C1=O. The third-order valence-corrected chi connectivity index (χ3v) is 5.30. The summed E-state index contributed by atoms with van der Waals surface area (Å²) in [6.07, 6.45) is -4.17. The summed E-state index contributed by atoms with van der Waals surface area (Å²) in [5.74, 6) is -3.00. The number of urea groups is 1. The summed E-state index contributed by atoms with van der Waals surface area (Å²) in [6.45, 7) is 1.48. The van der Waals surface area contributed by atoms with Crippen LogP contribution in [0.15, 0.2) is 60.3 Å². The number of hydrogen-bond donors (Lipinski definition) is 3. The molecule has 3 N–H and O–H groups in total. The van der Waals surface area contributed by atoms with E-state index in [1.807, 2.05) is 0 Å². The van der Waals surface area contributed by atoms with Crippen LogP contribution in [0, 0.1) is 0 Å². The van der Waals surface area contributed by atoms with Gasteiger partial charge < -0.3 is 25.4 Å². The Morgan fingerprint density at radius 1 is 1.14 bits per heavy atom. The number of carboxylic acids is 1. The molecule has 0 aliphatic carbocycles. The quantitative estimate of drug-likeness (QED) is 0.496. The van der Waals surface area contributed by atoms with Gasteiger partial charge in [-0.2, -0.15) is 0 Å². The molecule has 0 aromatic heterocycles. The zero-order chi connectivity index (χ0) is 26.6. The first-order valence-electron chi connectivity index (χ1n) is 10.6. The minimum absolute atomic E-state index is 0.0962. The highest BCUT2D eigenvalue weighted by molar-refractivity contribution is 6.16. The average Bonchev–Trinajstić information content (AvgIpc) is 2.79. The number of likely N-dealkylation sites (N-methyl/N-ethyl adjacent to an activating group) is 1. The van der Waals surface area contributed by atoms with Gasteiger partial charge in [0.15, 0.2) is 11.8 Å². The Kier molecular flexibility index (Phi) is 7.66. The van der Waals surface area contributed by atoms with Gasteiger partial charge in [0.05, 0.1) is 12.5 Å². The number of carbonyl (C=O) groups is 4. The summed E-state index contributed by atoms with van der Waals surface area (Å²) in [6, 6.07) is 7.73. The molecule has 9 nitrogen and oxygen atoms in total. The third-order valence-electron chi connectivity index (χ3n) is 5.30. The molecule has 0 fully saturated rings. The van der Waals surface area contributed by atoms with Crippen molar-refractivity contribution in [1.82, 2.24) is 15.5 Å². The number of aliphatic carboxylic acids is 1. The molecule has 3 rings (SSSR count). The zero-order valence-corrected chi connectivity index (χ0v) is 19.1. The molecule has 1 heterocycles. The molecule has 2 unspecified atom stereocenters. The van der Waals surface area contributed by atoms with Crippen LogP contribution in [0.1, 0.15) is 24.9 Å². The Bertz CT molecular complexity index is 1230. The summed E-state index contributed by atoms with van der Waals surface area (Å²) in [5, 5.41) is 14.0. The van der Waals surface area contributed by atoms with Crippen molar-refractivity contribution < 1.29 is 42.2 Å². The lowest BCUT2D eigenvalue weighted by molar-refractivity contribution is -0.274. The molecule has 190 valence electrons. The van der Waals surface area contributed by atoms with Gasteiger partial charge in [0, 0.05) is 24.4 Å². The highest BCUT2D eigenvalue weighted by Gasteiger charge is 2.35. The summed E-state index contributed by atoms with van der Waals surface area (Å²) >= 11 is 0. The fourth-order valence-corrected chi connectivity index (χ4v) is 3.69. The van der Waals surface area contributed by atoms with Crippen molar-refractivity contribution in [2.24, 2.45) is 0 Å². The van der Waals surface area contributed by atoms with Gasteiger partial charge in [-0.1, -0.05) is 36.4 Å². The zero-order valence-electron chi connectivity index (χ0n) is 19.1. The predicted octanol–water partition coefficient (Wildman–Crippen LogP) is 3.38. The van der Waals surface area contributed by atoms with Crippen molar-refractivity contribution in [2.75, 3.05) is 7.05 Å². The second kappa shape index (κ2) is 10.5. The van der Waals surface area contributed by atoms with Crippen molar-refractivity contribution >= 4 is 23.7 Å². The molecule has 2 atom stereocenters. The van der Waals surface area contributed by atoms with Crippen LogP contribution in [0.3, 0.4) is 0 Å². The Labute approximate surface area is 203 Å². The second-order valence-electron chi connectivity index (χ2n) is 8.00. The molecule has 1 aliphatic heterocycles. The van der Waals surface area contributed by atoms with Crippen molar-refractivity contribution in [3.05, 3.63) is 65.9 Å². The van der Waals surface area contributed by atoms with E-state index in [-0.39, 0.29) is 22.3 Å². The molecule has 36 heavy (non-hydrogen) atoms. The largest absolute Gasteiger partial charge is 0.573 e. The van der Waals surface area contributed by atoms with E-state index in [4.69, 9.17) is 0 Å². The molecular formula is C24H22F3N3O6. The van der Waals surface area contributed by atoms with Crippen molar-refractivity contribution in [1.29, 1.82) is 0 Å². The van der Waals surface area contributed by atoms with Gasteiger partial charge >= 0.3 is 18.4 Å². The lowest BCUT2D eigenvalue weighted by atomic mass is 9.97. The van der Waals surface area contributed by atoms with Gasteiger partial charge in [0.2, 0.25) is 0 Å². The Morgan fingerprint density at radius 3 is 2.50 bits per heavy atom. The molecule has 0 radical (unpaired) electrons. The van der Waals surface area contributed by atoms with Crippen LogP contribution < -0.4 is 15.4 Å². The number of amides is 3. The van der Waals surface area contributed by atoms with Crippen molar-refractivity contribution in [3.8, 4) is 16.9 Å². The van der Waals surface area contributed by atoms with Crippen LogP contribution >= 0.6 is 0 Å². The highest BCUT2D eigenvalue weighted by Crippen LogP contribution is 2.35. The normalized spacial score (nSPS) is 16.8. The van der Waals surface area contributed by atoms with Crippen LogP contribution in [0.25, 0.3) is 11.1 Å². The Balaban J connectivity index is 1.87. The molecule has 0 bridgehead atoms. The molecule has 1 aliphatic rings. The molecule has 2 aromatic carbocycles. The van der Waals surface area contributed by atoms with Gasteiger partial charge in [-0.15, -0.1) is 13.2 Å². The van der Waals surface area contributed by atoms with E-state index in [2.05, 4.69) is 15.4 Å². The first-order valence-corrected chi connectivity index (χ1v) is 10.6. The van der Waals surface area contributed by atoms with Gasteiger partial charge in [-0.25, -0.2) is 4.79 Å². The van der Waals surface area contributed by atoms with Crippen LogP contribution in [0.5, 0.6) is 5.75 Å². The number of ether oxygens (including phenoxy) is 1. The minimum Gasteiger partial charge on any atom is -0.481 e. The molecule has 0 saturated heterocycles. The number of halogens is 3. The van der Waals surface area contributed by atoms with Crippen LogP contribution in [-0.4, -0.2) is 53.1 Å². The first-order chi connectivity index (χ1) is 16.9. The number of carbonyl (C=O) groups excluding carboxylic acids is 3. The van der Waals surface area contributed by atoms with Crippen LogP contribution in [-0.2, 0) is 14.4 Å². The lowest BCUT2D eigenvalue weighted by Gasteiger charge is -2.27. The third kappa shape index (κ3) is 6.40. The molecule has 12 heteroatoms. The second-order valence-corrected chi connectivity index (χ2v) is 8.00. The van der Waals surface area contributed by atoms with E-state index in [0.29, 0.717) is 0 Å². The van der Waals surface area contributed by atoms with Crippen molar-refractivity contribution in [2.45, 2.75) is 31.8 Å². The fourth-order valence-electron chi connectivity index (χ4n) is 3.69. The average molecular weight is 505 g/mol. The maximum atomic E-state index is 12.8. The number of alkyl halides is 3. The number of Topliss-reactive ketones (excluding diaryl/α,β-unsaturated/α-hetero) is 1. The number of nitrogens with one attached hydrogen (secondary N) is 2. The lowest BCUT2D eigenvalue weighted by Crippen LogP contribution is -2.56. The first kappa shape index (κ1) is 26.3. The fraction of sp³-hybridized carbons (Fsp3) is 0.250. The standard InChI is InChI=1S/C24H22F3N3O6/c1-13-12-30(2)22(34)20(21(13)33)29-23(35)28-17(11-19(31)32)15-7-5-6-14(10-15)16-8-3-4-9-18(16)36-24(25,26)27/h3-10,12,17,20H,11H2,1-2H3,(H,31,32)(H2,28,29,35). The van der Waals surface area contributed by atoms with Gasteiger partial charge in [0.1, 0.15) is 5.75 Å². The van der Waals surface area contributed by atoms with E-state index in [9.17, 15) is 37.5 Å². The highest BCUT2D eigenvalue weighted by atomic mass is 19.4. The molecular weight excluding hydrogens is 483 g/mol.